The van der Waals surface area contributed by atoms with E-state index in [9.17, 15) is 4.79 Å². The lowest BCUT2D eigenvalue weighted by Gasteiger charge is -2.27. The van der Waals surface area contributed by atoms with Gasteiger partial charge in [0.1, 0.15) is 6.73 Å². The van der Waals surface area contributed by atoms with Gasteiger partial charge in [0, 0.05) is 27.0 Å². The van der Waals surface area contributed by atoms with Crippen LogP contribution in [-0.2, 0) is 22.7 Å². The Hall–Kier alpha value is -0.733. The van der Waals surface area contributed by atoms with Crippen molar-refractivity contribution in [3.8, 4) is 0 Å². The van der Waals surface area contributed by atoms with Crippen molar-refractivity contribution in [3.63, 3.8) is 0 Å². The molecule has 0 bridgehead atoms. The molecule has 0 saturated carbocycles. The molecule has 1 atom stereocenters. The number of ether oxygens (including phenoxy) is 1. The maximum atomic E-state index is 11.8. The van der Waals surface area contributed by atoms with Crippen molar-refractivity contribution in [2.45, 2.75) is 59.6 Å². The number of nitrogens with zero attached hydrogens (tertiary/aromatic N) is 4. The van der Waals surface area contributed by atoms with Crippen molar-refractivity contribution in [2.75, 3.05) is 6.61 Å². The standard InChI is InChI=1S/C14H28N4O2SSi/c1-14(2,3)11(13(19)21)9-12-15-16-17-18(12)10-20-7-8-22(4,5)6/h11H,7-10H2,1-6H3,(H,19,21). The lowest BCUT2D eigenvalue weighted by molar-refractivity contribution is -0.117. The molecule has 1 rings (SSSR count). The fourth-order valence-electron chi connectivity index (χ4n) is 1.95. The molecule has 0 fully saturated rings. The van der Waals surface area contributed by atoms with Crippen molar-refractivity contribution in [3.05, 3.63) is 5.82 Å². The number of rotatable bonds is 8. The van der Waals surface area contributed by atoms with Crippen LogP contribution in [0.5, 0.6) is 0 Å². The molecule has 126 valence electrons. The van der Waals surface area contributed by atoms with Gasteiger partial charge in [0.05, 0.1) is 0 Å². The molecule has 1 heterocycles. The van der Waals surface area contributed by atoms with Crippen LogP contribution in [0.3, 0.4) is 0 Å². The van der Waals surface area contributed by atoms with Crippen LogP contribution in [-0.4, -0.2) is 40.0 Å². The minimum absolute atomic E-state index is 0.137. The summed E-state index contributed by atoms with van der Waals surface area (Å²) in [5, 5.41) is 11.5. The maximum Gasteiger partial charge on any atom is 0.189 e. The Morgan fingerprint density at radius 1 is 1.36 bits per heavy atom. The van der Waals surface area contributed by atoms with E-state index < -0.39 is 8.07 Å². The van der Waals surface area contributed by atoms with Crippen molar-refractivity contribution in [1.29, 1.82) is 0 Å². The number of hydrogen-bond donors (Lipinski definition) is 1. The monoisotopic (exact) mass is 344 g/mol. The van der Waals surface area contributed by atoms with Gasteiger partial charge in [-0.2, -0.15) is 0 Å². The van der Waals surface area contributed by atoms with E-state index in [4.69, 9.17) is 4.74 Å². The molecule has 0 amide bonds. The highest BCUT2D eigenvalue weighted by molar-refractivity contribution is 7.96. The summed E-state index contributed by atoms with van der Waals surface area (Å²) in [6, 6.07) is 1.10. The van der Waals surface area contributed by atoms with Gasteiger partial charge < -0.3 is 4.74 Å². The summed E-state index contributed by atoms with van der Waals surface area (Å²) in [6.07, 6.45) is 0.468. The van der Waals surface area contributed by atoms with E-state index >= 15 is 0 Å². The first-order valence-corrected chi connectivity index (χ1v) is 11.7. The predicted molar refractivity (Wildman–Crippen MR) is 92.6 cm³/mol. The second kappa shape index (κ2) is 7.70. The van der Waals surface area contributed by atoms with Crippen LogP contribution in [0.1, 0.15) is 26.6 Å². The van der Waals surface area contributed by atoms with Crippen LogP contribution in [0.4, 0.5) is 0 Å². The van der Waals surface area contributed by atoms with Gasteiger partial charge in [-0.05, 0) is 21.9 Å². The van der Waals surface area contributed by atoms with E-state index in [1.165, 1.54) is 0 Å². The lowest BCUT2D eigenvalue weighted by Crippen LogP contribution is -2.29. The minimum Gasteiger partial charge on any atom is -0.359 e. The highest BCUT2D eigenvalue weighted by Crippen LogP contribution is 2.30. The number of hydrogen-bond acceptors (Lipinski definition) is 5. The highest BCUT2D eigenvalue weighted by atomic mass is 32.1. The molecule has 1 aromatic heterocycles. The van der Waals surface area contributed by atoms with Gasteiger partial charge in [-0.1, -0.05) is 40.4 Å². The number of carbonyl (C=O) groups excluding carboxylic acids is 1. The number of tetrazole rings is 1. The molecule has 0 radical (unpaired) electrons. The van der Waals surface area contributed by atoms with Gasteiger partial charge in [-0.25, -0.2) is 4.68 Å². The summed E-state index contributed by atoms with van der Waals surface area (Å²) in [7, 11) is -1.10. The fourth-order valence-corrected chi connectivity index (χ4v) is 3.18. The number of carbonyl (C=O) groups is 1. The number of aromatic nitrogens is 4. The third-order valence-electron chi connectivity index (χ3n) is 3.55. The molecule has 0 saturated heterocycles. The molecule has 0 aromatic carbocycles. The lowest BCUT2D eigenvalue weighted by atomic mass is 9.79. The first-order chi connectivity index (χ1) is 10.0. The normalized spacial score (nSPS) is 14.1. The van der Waals surface area contributed by atoms with Gasteiger partial charge in [0.15, 0.2) is 10.9 Å². The van der Waals surface area contributed by atoms with Crippen molar-refractivity contribution >= 4 is 25.8 Å². The number of thiol groups is 1. The van der Waals surface area contributed by atoms with E-state index in [0.717, 1.165) is 6.04 Å². The summed E-state index contributed by atoms with van der Waals surface area (Å²) in [4.78, 5) is 11.8. The van der Waals surface area contributed by atoms with Crippen molar-refractivity contribution in [1.82, 2.24) is 20.2 Å². The molecule has 0 aliphatic rings. The minimum atomic E-state index is -1.10. The van der Waals surface area contributed by atoms with Crippen LogP contribution in [0.15, 0.2) is 0 Å². The molecule has 0 N–H and O–H groups in total. The summed E-state index contributed by atoms with van der Waals surface area (Å²) in [5.74, 6) is 0.429. The van der Waals surface area contributed by atoms with Gasteiger partial charge in [0.2, 0.25) is 0 Å². The first kappa shape index (κ1) is 19.3. The first-order valence-electron chi connectivity index (χ1n) is 7.56. The molecule has 22 heavy (non-hydrogen) atoms. The van der Waals surface area contributed by atoms with Crippen LogP contribution in [0.2, 0.25) is 25.7 Å². The average Bonchev–Trinajstić information content (AvgIpc) is 2.76. The second-order valence-electron chi connectivity index (χ2n) is 7.90. The van der Waals surface area contributed by atoms with Gasteiger partial charge in [-0.3, -0.25) is 4.79 Å². The Labute approximate surface area is 139 Å². The van der Waals surface area contributed by atoms with E-state index in [-0.39, 0.29) is 16.4 Å². The summed E-state index contributed by atoms with van der Waals surface area (Å²) < 4.78 is 7.30. The van der Waals surface area contributed by atoms with Crippen LogP contribution < -0.4 is 0 Å². The third kappa shape index (κ3) is 6.58. The highest BCUT2D eigenvalue weighted by Gasteiger charge is 2.31. The Bertz CT molecular complexity index is 494. The second-order valence-corrected chi connectivity index (χ2v) is 14.0. The predicted octanol–water partition coefficient (Wildman–Crippen LogP) is 2.65. The smallest absolute Gasteiger partial charge is 0.189 e. The van der Waals surface area contributed by atoms with E-state index in [1.807, 2.05) is 20.8 Å². The molecular formula is C14H28N4O2SSi. The van der Waals surface area contributed by atoms with Crippen LogP contribution in [0, 0.1) is 11.3 Å². The Balaban J connectivity index is 2.63. The summed E-state index contributed by atoms with van der Waals surface area (Å²) in [6.45, 7) is 14.0. The summed E-state index contributed by atoms with van der Waals surface area (Å²) in [5.41, 5.74) is -0.186. The molecule has 8 heteroatoms. The third-order valence-corrected chi connectivity index (χ3v) is 5.56. The van der Waals surface area contributed by atoms with Crippen LogP contribution >= 0.6 is 12.6 Å². The Kier molecular flexibility index (Phi) is 6.76. The Morgan fingerprint density at radius 3 is 2.50 bits per heavy atom. The van der Waals surface area contributed by atoms with Crippen molar-refractivity contribution < 1.29 is 9.53 Å². The summed E-state index contributed by atoms with van der Waals surface area (Å²) >= 11 is 4.01. The zero-order valence-electron chi connectivity index (χ0n) is 14.5. The molecule has 1 unspecified atom stereocenters. The van der Waals surface area contributed by atoms with Gasteiger partial charge in [-0.15, -0.1) is 17.7 Å². The van der Waals surface area contributed by atoms with E-state index in [0.29, 0.717) is 25.6 Å². The molecule has 0 aliphatic carbocycles. The van der Waals surface area contributed by atoms with Crippen LogP contribution in [0.25, 0.3) is 0 Å². The topological polar surface area (TPSA) is 69.9 Å². The van der Waals surface area contributed by atoms with E-state index in [1.54, 1.807) is 4.68 Å². The molecular weight excluding hydrogens is 316 g/mol. The van der Waals surface area contributed by atoms with Crippen molar-refractivity contribution in [2.24, 2.45) is 11.3 Å². The van der Waals surface area contributed by atoms with Gasteiger partial charge >= 0.3 is 0 Å². The zero-order valence-corrected chi connectivity index (χ0v) is 16.4. The molecule has 0 aliphatic heterocycles. The van der Waals surface area contributed by atoms with E-state index in [2.05, 4.69) is 47.8 Å². The fraction of sp³-hybridized carbons (Fsp3) is 0.857. The Morgan fingerprint density at radius 2 is 2.00 bits per heavy atom. The molecule has 6 nitrogen and oxygen atoms in total. The zero-order chi connectivity index (χ0) is 17.0. The van der Waals surface area contributed by atoms with Gasteiger partial charge in [0.25, 0.3) is 0 Å². The maximum absolute atomic E-state index is 11.8. The SMILES string of the molecule is CC(C)(C)C(Cc1nnnn1COCC[Si](C)(C)C)C(=O)S. The molecule has 0 spiro atoms. The largest absolute Gasteiger partial charge is 0.359 e. The molecule has 1 aromatic rings. The average molecular weight is 345 g/mol. The quantitative estimate of drug-likeness (QED) is 0.446.